The second-order valence-corrected chi connectivity index (χ2v) is 7.38. The largest absolute Gasteiger partial charge is 0.451 e. The molecule has 0 saturated heterocycles. The Bertz CT molecular complexity index is 927. The van der Waals surface area contributed by atoms with Crippen LogP contribution in [0.25, 0.3) is 0 Å². The molecule has 154 valence electrons. The lowest BCUT2D eigenvalue weighted by Gasteiger charge is -2.17. The van der Waals surface area contributed by atoms with Crippen molar-refractivity contribution in [2.24, 2.45) is 0 Å². The molecular formula is C23H28N2O4. The summed E-state index contributed by atoms with van der Waals surface area (Å²) >= 11 is 0. The second-order valence-electron chi connectivity index (χ2n) is 7.38. The fraction of sp³-hybridized carbons (Fsp3) is 0.348. The summed E-state index contributed by atoms with van der Waals surface area (Å²) in [6, 6.07) is 9.26. The van der Waals surface area contributed by atoms with E-state index in [1.165, 1.54) is 6.92 Å². The number of amides is 2. The molecule has 0 aliphatic carbocycles. The van der Waals surface area contributed by atoms with Crippen molar-refractivity contribution in [1.29, 1.82) is 0 Å². The number of benzene rings is 2. The number of rotatable bonds is 6. The van der Waals surface area contributed by atoms with E-state index in [2.05, 4.69) is 10.6 Å². The van der Waals surface area contributed by atoms with Crippen LogP contribution in [0.15, 0.2) is 30.3 Å². The highest BCUT2D eigenvalue weighted by Crippen LogP contribution is 2.22. The quantitative estimate of drug-likeness (QED) is 0.732. The Balaban J connectivity index is 1.89. The molecule has 0 aliphatic heterocycles. The molecule has 0 heterocycles. The number of anilines is 1. The van der Waals surface area contributed by atoms with Crippen LogP contribution in [-0.4, -0.2) is 30.4 Å². The number of hydrogen-bond acceptors (Lipinski definition) is 4. The van der Waals surface area contributed by atoms with Gasteiger partial charge in [-0.3, -0.25) is 14.4 Å². The zero-order chi connectivity index (χ0) is 21.7. The molecule has 6 heteroatoms. The Morgan fingerprint density at radius 2 is 1.52 bits per heavy atom. The van der Waals surface area contributed by atoms with Crippen LogP contribution in [0.1, 0.15) is 45.1 Å². The summed E-state index contributed by atoms with van der Waals surface area (Å²) in [4.78, 5) is 36.6. The number of nitrogens with one attached hydrogen (secondary N) is 2. The molecule has 2 rings (SSSR count). The third kappa shape index (κ3) is 5.91. The molecular weight excluding hydrogens is 368 g/mol. The van der Waals surface area contributed by atoms with Gasteiger partial charge in [-0.15, -0.1) is 0 Å². The van der Waals surface area contributed by atoms with Crippen molar-refractivity contribution in [3.63, 3.8) is 0 Å². The number of carbonyl (C=O) groups excluding carboxylic acids is 3. The SMILES string of the molecule is Cc1cc(C)c(NC(=O)[C@H](C)OC(=O)CNC(=O)c2ccc(C)c(C)c2)c(C)c1. The summed E-state index contributed by atoms with van der Waals surface area (Å²) in [5, 5.41) is 5.33. The highest BCUT2D eigenvalue weighted by Gasteiger charge is 2.20. The van der Waals surface area contributed by atoms with Crippen molar-refractivity contribution in [3.05, 3.63) is 63.7 Å². The first-order valence-corrected chi connectivity index (χ1v) is 9.52. The predicted octanol–water partition coefficient (Wildman–Crippen LogP) is 3.53. The van der Waals surface area contributed by atoms with E-state index in [4.69, 9.17) is 4.74 Å². The minimum atomic E-state index is -0.985. The van der Waals surface area contributed by atoms with Crippen molar-refractivity contribution < 1.29 is 19.1 Å². The van der Waals surface area contributed by atoms with Crippen molar-refractivity contribution in [2.75, 3.05) is 11.9 Å². The molecule has 0 radical (unpaired) electrons. The summed E-state index contributed by atoms with van der Waals surface area (Å²) in [5.41, 5.74) is 6.25. The van der Waals surface area contributed by atoms with E-state index in [1.807, 2.05) is 52.8 Å². The highest BCUT2D eigenvalue weighted by molar-refractivity contribution is 5.98. The van der Waals surface area contributed by atoms with E-state index in [9.17, 15) is 14.4 Å². The standard InChI is InChI=1S/C23H28N2O4/c1-13-9-16(4)21(17(5)10-13)25-22(27)18(6)29-20(26)12-24-23(28)19-8-7-14(2)15(3)11-19/h7-11,18H,12H2,1-6H3,(H,24,28)(H,25,27)/t18-/m0/s1. The van der Waals surface area contributed by atoms with Crippen LogP contribution in [0.3, 0.4) is 0 Å². The molecule has 0 saturated carbocycles. The van der Waals surface area contributed by atoms with Gasteiger partial charge in [0.15, 0.2) is 6.10 Å². The summed E-state index contributed by atoms with van der Waals surface area (Å²) < 4.78 is 5.15. The third-order valence-corrected chi connectivity index (χ3v) is 4.77. The average molecular weight is 396 g/mol. The summed E-state index contributed by atoms with van der Waals surface area (Å²) in [5.74, 6) is -1.47. The molecule has 0 spiro atoms. The number of ether oxygens (including phenoxy) is 1. The topological polar surface area (TPSA) is 84.5 Å². The Morgan fingerprint density at radius 1 is 0.897 bits per heavy atom. The van der Waals surface area contributed by atoms with Gasteiger partial charge < -0.3 is 15.4 Å². The van der Waals surface area contributed by atoms with Gasteiger partial charge in [-0.05, 0) is 75.9 Å². The van der Waals surface area contributed by atoms with E-state index in [1.54, 1.807) is 12.1 Å². The lowest BCUT2D eigenvalue weighted by atomic mass is 10.0. The van der Waals surface area contributed by atoms with E-state index in [-0.39, 0.29) is 12.5 Å². The first-order valence-electron chi connectivity index (χ1n) is 9.52. The van der Waals surface area contributed by atoms with Crippen LogP contribution in [0.4, 0.5) is 5.69 Å². The van der Waals surface area contributed by atoms with E-state index in [0.29, 0.717) is 11.3 Å². The molecule has 29 heavy (non-hydrogen) atoms. The van der Waals surface area contributed by atoms with E-state index < -0.39 is 18.0 Å². The molecule has 0 bridgehead atoms. The van der Waals surface area contributed by atoms with Crippen LogP contribution in [0.2, 0.25) is 0 Å². The third-order valence-electron chi connectivity index (χ3n) is 4.77. The minimum Gasteiger partial charge on any atom is -0.451 e. The molecule has 2 aromatic rings. The molecule has 0 unspecified atom stereocenters. The fourth-order valence-corrected chi connectivity index (χ4v) is 3.03. The van der Waals surface area contributed by atoms with Crippen LogP contribution >= 0.6 is 0 Å². The van der Waals surface area contributed by atoms with Crippen molar-refractivity contribution in [2.45, 2.75) is 47.6 Å². The monoisotopic (exact) mass is 396 g/mol. The number of aryl methyl sites for hydroxylation is 5. The number of hydrogen-bond donors (Lipinski definition) is 2. The molecule has 2 N–H and O–H groups in total. The zero-order valence-electron chi connectivity index (χ0n) is 17.8. The lowest BCUT2D eigenvalue weighted by Crippen LogP contribution is -2.36. The van der Waals surface area contributed by atoms with Crippen molar-refractivity contribution >= 4 is 23.5 Å². The maximum Gasteiger partial charge on any atom is 0.326 e. The number of esters is 1. The van der Waals surface area contributed by atoms with Gasteiger partial charge in [-0.25, -0.2) is 0 Å². The zero-order valence-corrected chi connectivity index (χ0v) is 17.8. The van der Waals surface area contributed by atoms with Gasteiger partial charge in [-0.2, -0.15) is 0 Å². The first-order chi connectivity index (χ1) is 13.6. The Kier molecular flexibility index (Phi) is 7.15. The van der Waals surface area contributed by atoms with E-state index in [0.717, 1.165) is 27.8 Å². The summed E-state index contributed by atoms with van der Waals surface area (Å²) in [6.07, 6.45) is -0.985. The van der Waals surface area contributed by atoms with Gasteiger partial charge >= 0.3 is 5.97 Å². The molecule has 0 aliphatic rings. The molecule has 0 aromatic heterocycles. The number of carbonyl (C=O) groups is 3. The Morgan fingerprint density at radius 3 is 2.10 bits per heavy atom. The van der Waals surface area contributed by atoms with E-state index >= 15 is 0 Å². The van der Waals surface area contributed by atoms with Crippen LogP contribution in [0, 0.1) is 34.6 Å². The maximum absolute atomic E-state index is 12.4. The van der Waals surface area contributed by atoms with Gasteiger partial charge in [0.25, 0.3) is 11.8 Å². The molecule has 0 fully saturated rings. The molecule has 6 nitrogen and oxygen atoms in total. The maximum atomic E-state index is 12.4. The van der Waals surface area contributed by atoms with Crippen LogP contribution in [-0.2, 0) is 14.3 Å². The Labute approximate surface area is 171 Å². The predicted molar refractivity (Wildman–Crippen MR) is 113 cm³/mol. The fourth-order valence-electron chi connectivity index (χ4n) is 3.03. The van der Waals surface area contributed by atoms with Gasteiger partial charge in [0.2, 0.25) is 0 Å². The smallest absolute Gasteiger partial charge is 0.326 e. The van der Waals surface area contributed by atoms with Crippen molar-refractivity contribution in [1.82, 2.24) is 5.32 Å². The van der Waals surface area contributed by atoms with Gasteiger partial charge in [-0.1, -0.05) is 23.8 Å². The van der Waals surface area contributed by atoms with Crippen LogP contribution < -0.4 is 10.6 Å². The van der Waals surface area contributed by atoms with Gasteiger partial charge in [0.05, 0.1) is 0 Å². The second kappa shape index (κ2) is 9.37. The van der Waals surface area contributed by atoms with Gasteiger partial charge in [0, 0.05) is 11.3 Å². The van der Waals surface area contributed by atoms with Crippen LogP contribution in [0.5, 0.6) is 0 Å². The van der Waals surface area contributed by atoms with Gasteiger partial charge in [0.1, 0.15) is 6.54 Å². The first kappa shape index (κ1) is 22.1. The Hall–Kier alpha value is -3.15. The summed E-state index contributed by atoms with van der Waals surface area (Å²) in [7, 11) is 0. The lowest BCUT2D eigenvalue weighted by molar-refractivity contribution is -0.152. The van der Waals surface area contributed by atoms with Crippen molar-refractivity contribution in [3.8, 4) is 0 Å². The minimum absolute atomic E-state index is 0.314. The average Bonchev–Trinajstić information content (AvgIpc) is 2.64. The normalized spacial score (nSPS) is 11.5. The highest BCUT2D eigenvalue weighted by atomic mass is 16.5. The molecule has 2 aromatic carbocycles. The summed E-state index contributed by atoms with van der Waals surface area (Å²) in [6.45, 7) is 10.9. The molecule has 1 atom stereocenters. The molecule has 2 amide bonds.